The van der Waals surface area contributed by atoms with Gasteiger partial charge in [-0.15, -0.1) is 0 Å². The van der Waals surface area contributed by atoms with Crippen molar-refractivity contribution in [2.75, 3.05) is 11.9 Å². The maximum absolute atomic E-state index is 12.3. The predicted octanol–water partition coefficient (Wildman–Crippen LogP) is 4.71. The topological polar surface area (TPSA) is 81.2 Å². The van der Waals surface area contributed by atoms with E-state index in [1.54, 1.807) is 18.2 Å². The van der Waals surface area contributed by atoms with Crippen LogP contribution < -0.4 is 5.32 Å². The predicted molar refractivity (Wildman–Crippen MR) is 120 cm³/mol. The molecule has 1 aromatic heterocycles. The number of aryl methyl sites for hydroxylation is 2. The average molecular weight is 411 g/mol. The lowest BCUT2D eigenvalue weighted by Gasteiger charge is -2.08. The highest BCUT2D eigenvalue weighted by molar-refractivity contribution is 5.97. The third-order valence-corrected chi connectivity index (χ3v) is 4.92. The van der Waals surface area contributed by atoms with Crippen LogP contribution in [0.5, 0.6) is 0 Å². The number of hydrogen-bond donors (Lipinski definition) is 1. The SMILES string of the molecule is Cc1nc2ccc(C(=O)OCC(=O)Nc3ccc(-c4ccccc4)cc3)cc2nc1C. The fraction of sp³-hybridized carbons (Fsp3) is 0.120. The number of ether oxygens (including phenoxy) is 1. The zero-order valence-corrected chi connectivity index (χ0v) is 17.3. The molecule has 6 nitrogen and oxygen atoms in total. The van der Waals surface area contributed by atoms with Crippen molar-refractivity contribution in [2.24, 2.45) is 0 Å². The summed E-state index contributed by atoms with van der Waals surface area (Å²) in [5.41, 5.74) is 6.07. The molecule has 4 rings (SSSR count). The normalized spacial score (nSPS) is 10.6. The van der Waals surface area contributed by atoms with Crippen LogP contribution in [0.25, 0.3) is 22.2 Å². The van der Waals surface area contributed by atoms with E-state index in [2.05, 4.69) is 15.3 Å². The first kappa shape index (κ1) is 20.2. The molecule has 0 radical (unpaired) electrons. The highest BCUT2D eigenvalue weighted by Gasteiger charge is 2.12. The summed E-state index contributed by atoms with van der Waals surface area (Å²) in [5, 5.41) is 2.73. The summed E-state index contributed by atoms with van der Waals surface area (Å²) in [4.78, 5) is 33.4. The Balaban J connectivity index is 1.35. The molecule has 0 atom stereocenters. The van der Waals surface area contributed by atoms with E-state index in [0.29, 0.717) is 22.3 Å². The van der Waals surface area contributed by atoms with Gasteiger partial charge in [0.25, 0.3) is 5.91 Å². The first-order chi connectivity index (χ1) is 15.0. The van der Waals surface area contributed by atoms with Crippen molar-refractivity contribution in [1.29, 1.82) is 0 Å². The number of hydrogen-bond acceptors (Lipinski definition) is 5. The van der Waals surface area contributed by atoms with Gasteiger partial charge in [0.15, 0.2) is 6.61 Å². The number of nitrogens with zero attached hydrogens (tertiary/aromatic N) is 2. The third kappa shape index (κ3) is 4.75. The first-order valence-corrected chi connectivity index (χ1v) is 9.87. The van der Waals surface area contributed by atoms with Crippen LogP contribution in [-0.4, -0.2) is 28.5 Å². The molecule has 1 amide bonds. The lowest BCUT2D eigenvalue weighted by molar-refractivity contribution is -0.119. The van der Waals surface area contributed by atoms with Crippen LogP contribution in [0, 0.1) is 13.8 Å². The highest BCUT2D eigenvalue weighted by Crippen LogP contribution is 2.21. The molecule has 4 aromatic rings. The first-order valence-electron chi connectivity index (χ1n) is 9.87. The van der Waals surface area contributed by atoms with Gasteiger partial charge in [-0.25, -0.2) is 14.8 Å². The molecule has 0 unspecified atom stereocenters. The van der Waals surface area contributed by atoms with Crippen LogP contribution in [0.4, 0.5) is 5.69 Å². The molecule has 0 aliphatic carbocycles. The minimum Gasteiger partial charge on any atom is -0.452 e. The molecule has 0 spiro atoms. The molecule has 3 aromatic carbocycles. The fourth-order valence-electron chi connectivity index (χ4n) is 3.15. The summed E-state index contributed by atoms with van der Waals surface area (Å²) in [6.45, 7) is 3.37. The number of rotatable bonds is 5. The second kappa shape index (κ2) is 8.75. The summed E-state index contributed by atoms with van der Waals surface area (Å²) in [5.74, 6) is -0.996. The zero-order chi connectivity index (χ0) is 21.8. The number of carbonyl (C=O) groups is 2. The number of amides is 1. The van der Waals surface area contributed by atoms with Crippen molar-refractivity contribution in [2.45, 2.75) is 13.8 Å². The Bertz CT molecular complexity index is 1250. The van der Waals surface area contributed by atoms with E-state index in [0.717, 1.165) is 22.5 Å². The lowest BCUT2D eigenvalue weighted by atomic mass is 10.1. The monoisotopic (exact) mass is 411 g/mol. The molecule has 0 aliphatic rings. The van der Waals surface area contributed by atoms with Crippen molar-refractivity contribution in [1.82, 2.24) is 9.97 Å². The van der Waals surface area contributed by atoms with E-state index in [4.69, 9.17) is 4.74 Å². The maximum atomic E-state index is 12.3. The summed E-state index contributed by atoms with van der Waals surface area (Å²) >= 11 is 0. The largest absolute Gasteiger partial charge is 0.452 e. The number of benzene rings is 3. The number of nitrogens with one attached hydrogen (secondary N) is 1. The molecule has 6 heteroatoms. The van der Waals surface area contributed by atoms with Crippen LogP contribution in [0.1, 0.15) is 21.7 Å². The van der Waals surface area contributed by atoms with Crippen molar-refractivity contribution < 1.29 is 14.3 Å². The Morgan fingerprint density at radius 2 is 1.45 bits per heavy atom. The Morgan fingerprint density at radius 3 is 2.16 bits per heavy atom. The molecule has 154 valence electrons. The van der Waals surface area contributed by atoms with Crippen molar-refractivity contribution in [3.8, 4) is 11.1 Å². The van der Waals surface area contributed by atoms with E-state index in [-0.39, 0.29) is 6.61 Å². The number of anilines is 1. The van der Waals surface area contributed by atoms with Crippen LogP contribution >= 0.6 is 0 Å². The minimum absolute atomic E-state index is 0.324. The van der Waals surface area contributed by atoms with E-state index in [9.17, 15) is 9.59 Å². The molecular weight excluding hydrogens is 390 g/mol. The van der Waals surface area contributed by atoms with Gasteiger partial charge >= 0.3 is 5.97 Å². The Morgan fingerprint density at radius 1 is 0.806 bits per heavy atom. The van der Waals surface area contributed by atoms with Crippen molar-refractivity contribution in [3.05, 3.63) is 89.7 Å². The Labute approximate surface area is 179 Å². The van der Waals surface area contributed by atoms with Gasteiger partial charge in [-0.2, -0.15) is 0 Å². The molecule has 0 fully saturated rings. The molecular formula is C25H21N3O3. The molecule has 0 saturated carbocycles. The van der Waals surface area contributed by atoms with Crippen LogP contribution in [-0.2, 0) is 9.53 Å². The number of carbonyl (C=O) groups excluding carboxylic acids is 2. The summed E-state index contributed by atoms with van der Waals surface area (Å²) in [6, 6.07) is 22.4. The minimum atomic E-state index is -0.587. The van der Waals surface area contributed by atoms with Crippen LogP contribution in [0.3, 0.4) is 0 Å². The molecule has 0 saturated heterocycles. The van der Waals surface area contributed by atoms with Gasteiger partial charge in [-0.3, -0.25) is 4.79 Å². The van der Waals surface area contributed by atoms with E-state index in [1.807, 2.05) is 68.4 Å². The third-order valence-electron chi connectivity index (χ3n) is 4.92. The summed E-state index contributed by atoms with van der Waals surface area (Å²) in [6.07, 6.45) is 0. The van der Waals surface area contributed by atoms with Gasteiger partial charge in [0.05, 0.1) is 28.0 Å². The molecule has 1 heterocycles. The van der Waals surface area contributed by atoms with Gasteiger partial charge in [-0.1, -0.05) is 42.5 Å². The highest BCUT2D eigenvalue weighted by atomic mass is 16.5. The Hall–Kier alpha value is -4.06. The van der Waals surface area contributed by atoms with Gasteiger partial charge in [-0.05, 0) is 55.3 Å². The van der Waals surface area contributed by atoms with E-state index >= 15 is 0 Å². The van der Waals surface area contributed by atoms with Gasteiger partial charge in [0, 0.05) is 5.69 Å². The van der Waals surface area contributed by atoms with Gasteiger partial charge in [0.1, 0.15) is 0 Å². The van der Waals surface area contributed by atoms with Crippen LogP contribution in [0.2, 0.25) is 0 Å². The quantitative estimate of drug-likeness (QED) is 0.481. The van der Waals surface area contributed by atoms with Crippen molar-refractivity contribution >= 4 is 28.6 Å². The summed E-state index contributed by atoms with van der Waals surface area (Å²) in [7, 11) is 0. The van der Waals surface area contributed by atoms with Gasteiger partial charge in [0.2, 0.25) is 0 Å². The van der Waals surface area contributed by atoms with E-state index in [1.165, 1.54) is 0 Å². The lowest BCUT2D eigenvalue weighted by Crippen LogP contribution is -2.20. The zero-order valence-electron chi connectivity index (χ0n) is 17.3. The van der Waals surface area contributed by atoms with Gasteiger partial charge < -0.3 is 10.1 Å². The number of fused-ring (bicyclic) bond motifs is 1. The Kier molecular flexibility index (Phi) is 5.71. The molecule has 1 N–H and O–H groups in total. The second-order valence-corrected chi connectivity index (χ2v) is 7.17. The average Bonchev–Trinajstić information content (AvgIpc) is 2.79. The maximum Gasteiger partial charge on any atom is 0.338 e. The second-order valence-electron chi connectivity index (χ2n) is 7.17. The molecule has 0 aliphatic heterocycles. The number of esters is 1. The van der Waals surface area contributed by atoms with Crippen molar-refractivity contribution in [3.63, 3.8) is 0 Å². The smallest absolute Gasteiger partial charge is 0.338 e. The standard InChI is InChI=1S/C25H21N3O3/c1-16-17(2)27-23-14-20(10-13-22(23)26-16)25(30)31-15-24(29)28-21-11-8-19(9-12-21)18-6-4-3-5-7-18/h3-14H,15H2,1-2H3,(H,28,29). The van der Waals surface area contributed by atoms with E-state index < -0.39 is 11.9 Å². The number of aromatic nitrogens is 2. The molecule has 0 bridgehead atoms. The van der Waals surface area contributed by atoms with Crippen LogP contribution in [0.15, 0.2) is 72.8 Å². The molecule has 31 heavy (non-hydrogen) atoms. The fourth-order valence-corrected chi connectivity index (χ4v) is 3.15. The summed E-state index contributed by atoms with van der Waals surface area (Å²) < 4.78 is 5.16.